The SMILES string of the molecule is Cc1ccc(CSCC(=O)NC(CO)CO)cc1. The van der Waals surface area contributed by atoms with E-state index in [1.54, 1.807) is 0 Å². The van der Waals surface area contributed by atoms with Gasteiger partial charge in [-0.3, -0.25) is 4.79 Å². The molecule has 100 valence electrons. The van der Waals surface area contributed by atoms with Crippen molar-refractivity contribution in [3.05, 3.63) is 35.4 Å². The molecule has 0 saturated heterocycles. The number of carbonyl (C=O) groups excluding carboxylic acids is 1. The van der Waals surface area contributed by atoms with Crippen LogP contribution in [0.4, 0.5) is 0 Å². The fourth-order valence-electron chi connectivity index (χ4n) is 1.36. The third kappa shape index (κ3) is 5.53. The molecule has 0 heterocycles. The zero-order chi connectivity index (χ0) is 13.4. The number of amides is 1. The summed E-state index contributed by atoms with van der Waals surface area (Å²) in [5.41, 5.74) is 2.40. The third-order valence-electron chi connectivity index (χ3n) is 2.43. The zero-order valence-electron chi connectivity index (χ0n) is 10.4. The molecule has 0 aliphatic rings. The van der Waals surface area contributed by atoms with Gasteiger partial charge in [-0.15, -0.1) is 11.8 Å². The van der Waals surface area contributed by atoms with E-state index in [1.165, 1.54) is 22.9 Å². The molecule has 1 rings (SSSR count). The lowest BCUT2D eigenvalue weighted by Crippen LogP contribution is -2.41. The highest BCUT2D eigenvalue weighted by Gasteiger charge is 2.09. The Kier molecular flexibility index (Phi) is 6.78. The molecule has 0 atom stereocenters. The molecule has 1 aromatic rings. The van der Waals surface area contributed by atoms with Gasteiger partial charge in [0, 0.05) is 5.75 Å². The van der Waals surface area contributed by atoms with Gasteiger partial charge in [0.2, 0.25) is 5.91 Å². The molecular weight excluding hydrogens is 250 g/mol. The van der Waals surface area contributed by atoms with Crippen LogP contribution in [0.15, 0.2) is 24.3 Å². The van der Waals surface area contributed by atoms with Gasteiger partial charge in [-0.05, 0) is 12.5 Å². The molecule has 0 radical (unpaired) electrons. The molecule has 1 amide bonds. The number of nitrogens with one attached hydrogen (secondary N) is 1. The standard InChI is InChI=1S/C13H19NO3S/c1-10-2-4-11(5-3-10)8-18-9-13(17)14-12(6-15)7-16/h2-5,12,15-16H,6-9H2,1H3,(H,14,17). The molecule has 0 bridgehead atoms. The normalized spacial score (nSPS) is 10.7. The minimum atomic E-state index is -0.558. The van der Waals surface area contributed by atoms with Crippen LogP contribution in [0.1, 0.15) is 11.1 Å². The van der Waals surface area contributed by atoms with Crippen molar-refractivity contribution in [3.8, 4) is 0 Å². The number of benzene rings is 1. The van der Waals surface area contributed by atoms with Gasteiger partial charge in [-0.1, -0.05) is 29.8 Å². The predicted octanol–water partition coefficient (Wildman–Crippen LogP) is 0.698. The van der Waals surface area contributed by atoms with Crippen LogP contribution in [0.3, 0.4) is 0 Å². The van der Waals surface area contributed by atoms with Gasteiger partial charge in [0.1, 0.15) is 0 Å². The van der Waals surface area contributed by atoms with Crippen LogP contribution in [0.25, 0.3) is 0 Å². The fourth-order valence-corrected chi connectivity index (χ4v) is 2.16. The molecule has 1 aromatic carbocycles. The number of hydrogen-bond acceptors (Lipinski definition) is 4. The predicted molar refractivity (Wildman–Crippen MR) is 73.4 cm³/mol. The molecule has 0 saturated carbocycles. The second-order valence-electron chi connectivity index (χ2n) is 4.11. The summed E-state index contributed by atoms with van der Waals surface area (Å²) in [6, 6.07) is 7.62. The van der Waals surface area contributed by atoms with Gasteiger partial charge in [-0.2, -0.15) is 0 Å². The molecule has 0 unspecified atom stereocenters. The summed E-state index contributed by atoms with van der Waals surface area (Å²) in [5.74, 6) is 0.932. The largest absolute Gasteiger partial charge is 0.394 e. The second kappa shape index (κ2) is 8.13. The number of carbonyl (C=O) groups is 1. The van der Waals surface area contributed by atoms with Crippen molar-refractivity contribution < 1.29 is 15.0 Å². The lowest BCUT2D eigenvalue weighted by molar-refractivity contribution is -0.119. The van der Waals surface area contributed by atoms with Crippen LogP contribution < -0.4 is 5.32 Å². The van der Waals surface area contributed by atoms with Crippen LogP contribution in [0, 0.1) is 6.92 Å². The van der Waals surface area contributed by atoms with Crippen LogP contribution >= 0.6 is 11.8 Å². The Hall–Kier alpha value is -1.04. The van der Waals surface area contributed by atoms with Gasteiger partial charge < -0.3 is 15.5 Å². The number of rotatable bonds is 7. The maximum absolute atomic E-state index is 11.5. The molecular formula is C13H19NO3S. The highest BCUT2D eigenvalue weighted by atomic mass is 32.2. The minimum absolute atomic E-state index is 0.166. The topological polar surface area (TPSA) is 69.6 Å². The summed E-state index contributed by atoms with van der Waals surface area (Å²) in [7, 11) is 0. The summed E-state index contributed by atoms with van der Waals surface area (Å²) in [6.07, 6.45) is 0. The van der Waals surface area contributed by atoms with Gasteiger partial charge >= 0.3 is 0 Å². The van der Waals surface area contributed by atoms with E-state index in [2.05, 4.69) is 5.32 Å². The van der Waals surface area contributed by atoms with Crippen LogP contribution in [0.2, 0.25) is 0 Å². The molecule has 0 aliphatic carbocycles. The third-order valence-corrected chi connectivity index (χ3v) is 3.43. The summed E-state index contributed by atoms with van der Waals surface area (Å²) in [6.45, 7) is 1.55. The number of aryl methyl sites for hydroxylation is 1. The molecule has 4 nitrogen and oxygen atoms in total. The highest BCUT2D eigenvalue weighted by Crippen LogP contribution is 2.12. The van der Waals surface area contributed by atoms with Gasteiger partial charge in [0.15, 0.2) is 0 Å². The first-order valence-corrected chi connectivity index (χ1v) is 6.95. The minimum Gasteiger partial charge on any atom is -0.394 e. The molecule has 0 spiro atoms. The van der Waals surface area contributed by atoms with Crippen molar-refractivity contribution in [2.75, 3.05) is 19.0 Å². The maximum atomic E-state index is 11.5. The summed E-state index contributed by atoms with van der Waals surface area (Å²) < 4.78 is 0. The molecule has 0 aromatic heterocycles. The van der Waals surface area contributed by atoms with Crippen LogP contribution in [-0.4, -0.2) is 41.1 Å². The lowest BCUT2D eigenvalue weighted by atomic mass is 10.2. The molecule has 18 heavy (non-hydrogen) atoms. The Morgan fingerprint density at radius 3 is 2.44 bits per heavy atom. The van der Waals surface area contributed by atoms with Crippen LogP contribution in [0.5, 0.6) is 0 Å². The van der Waals surface area contributed by atoms with E-state index in [1.807, 2.05) is 31.2 Å². The number of hydrogen-bond donors (Lipinski definition) is 3. The second-order valence-corrected chi connectivity index (χ2v) is 5.09. The smallest absolute Gasteiger partial charge is 0.230 e. The van der Waals surface area contributed by atoms with E-state index >= 15 is 0 Å². The van der Waals surface area contributed by atoms with E-state index in [-0.39, 0.29) is 19.1 Å². The van der Waals surface area contributed by atoms with E-state index < -0.39 is 6.04 Å². The van der Waals surface area contributed by atoms with Crippen LogP contribution in [-0.2, 0) is 10.5 Å². The average Bonchev–Trinajstić information content (AvgIpc) is 2.38. The highest BCUT2D eigenvalue weighted by molar-refractivity contribution is 7.99. The quantitative estimate of drug-likeness (QED) is 0.681. The van der Waals surface area contributed by atoms with Crippen molar-refractivity contribution in [1.82, 2.24) is 5.32 Å². The summed E-state index contributed by atoms with van der Waals surface area (Å²) in [4.78, 5) is 11.5. The first kappa shape index (κ1) is 15.0. The van der Waals surface area contributed by atoms with Crippen molar-refractivity contribution in [3.63, 3.8) is 0 Å². The Morgan fingerprint density at radius 1 is 1.28 bits per heavy atom. The molecule has 3 N–H and O–H groups in total. The van der Waals surface area contributed by atoms with E-state index in [9.17, 15) is 4.79 Å². The van der Waals surface area contributed by atoms with Gasteiger partial charge in [0.05, 0.1) is 25.0 Å². The molecule has 0 fully saturated rings. The zero-order valence-corrected chi connectivity index (χ0v) is 11.2. The van der Waals surface area contributed by atoms with Gasteiger partial charge in [-0.25, -0.2) is 0 Å². The Balaban J connectivity index is 2.25. The summed E-state index contributed by atoms with van der Waals surface area (Å²) in [5, 5.41) is 20.2. The number of thioether (sulfide) groups is 1. The van der Waals surface area contributed by atoms with Crippen molar-refractivity contribution >= 4 is 17.7 Å². The van der Waals surface area contributed by atoms with Crippen molar-refractivity contribution in [1.29, 1.82) is 0 Å². The Bertz CT molecular complexity index is 363. The monoisotopic (exact) mass is 269 g/mol. The molecule has 5 heteroatoms. The van der Waals surface area contributed by atoms with Crippen molar-refractivity contribution in [2.24, 2.45) is 0 Å². The van der Waals surface area contributed by atoms with Crippen molar-refractivity contribution in [2.45, 2.75) is 18.7 Å². The Morgan fingerprint density at radius 2 is 1.89 bits per heavy atom. The Labute approximate surface area is 111 Å². The van der Waals surface area contributed by atoms with E-state index in [0.29, 0.717) is 5.75 Å². The number of aliphatic hydroxyl groups excluding tert-OH is 2. The summed E-state index contributed by atoms with van der Waals surface area (Å²) >= 11 is 1.51. The van der Waals surface area contributed by atoms with E-state index in [0.717, 1.165) is 5.75 Å². The maximum Gasteiger partial charge on any atom is 0.230 e. The first-order chi connectivity index (χ1) is 8.65. The fraction of sp³-hybridized carbons (Fsp3) is 0.462. The average molecular weight is 269 g/mol. The number of aliphatic hydroxyl groups is 2. The lowest BCUT2D eigenvalue weighted by Gasteiger charge is -2.12. The molecule has 0 aliphatic heterocycles. The van der Waals surface area contributed by atoms with E-state index in [4.69, 9.17) is 10.2 Å². The first-order valence-electron chi connectivity index (χ1n) is 5.80. The van der Waals surface area contributed by atoms with Gasteiger partial charge in [0.25, 0.3) is 0 Å².